The third kappa shape index (κ3) is 6.90. The second kappa shape index (κ2) is 12.6. The standard InChI is InChI=1S/C23H20F6N10O2S2/c1-38-19(32-34-36-38)42-11-17(40)30-15-7-3-13(4-8-15)21(22(24,25)26,23(27,28)29)14-5-9-16(10-6-14)31-18(41)12-43-20-33-35-37-39(20)2/h3-10H,11-12H2,1-2H3,(H,30,40)(H,31,41). The molecule has 2 aromatic carbocycles. The molecule has 20 heteroatoms. The summed E-state index contributed by atoms with van der Waals surface area (Å²) in [7, 11) is 3.10. The normalized spacial score (nSPS) is 12.3. The lowest BCUT2D eigenvalue weighted by atomic mass is 9.73. The molecule has 0 bridgehead atoms. The van der Waals surface area contributed by atoms with Crippen LogP contribution < -0.4 is 10.6 Å². The summed E-state index contributed by atoms with van der Waals surface area (Å²) >= 11 is 1.96. The van der Waals surface area contributed by atoms with Gasteiger partial charge in [0.25, 0.3) is 0 Å². The zero-order valence-corrected chi connectivity index (χ0v) is 23.6. The molecule has 4 aromatic rings. The van der Waals surface area contributed by atoms with Crippen molar-refractivity contribution in [3.63, 3.8) is 0 Å². The maximum absolute atomic E-state index is 14.5. The second-order valence-electron chi connectivity index (χ2n) is 8.74. The number of thioether (sulfide) groups is 2. The fourth-order valence-electron chi connectivity index (χ4n) is 3.93. The third-order valence-corrected chi connectivity index (χ3v) is 7.90. The summed E-state index contributed by atoms with van der Waals surface area (Å²) in [5.74, 6) is -1.49. The number of aromatic nitrogens is 8. The number of hydrogen-bond donors (Lipinski definition) is 2. The molecule has 0 unspecified atom stereocenters. The van der Waals surface area contributed by atoms with E-state index in [4.69, 9.17) is 0 Å². The molecule has 4 rings (SSSR count). The molecule has 0 aliphatic carbocycles. The van der Waals surface area contributed by atoms with Gasteiger partial charge in [0.15, 0.2) is 0 Å². The number of carbonyl (C=O) groups excluding carboxylic acids is 2. The minimum Gasteiger partial charge on any atom is -0.325 e. The monoisotopic (exact) mass is 646 g/mol. The number of amides is 2. The predicted octanol–water partition coefficient (Wildman–Crippen LogP) is 3.61. The van der Waals surface area contributed by atoms with Crippen LogP contribution in [-0.4, -0.2) is 76.1 Å². The molecule has 2 heterocycles. The molecule has 0 aliphatic rings. The van der Waals surface area contributed by atoms with Crippen LogP contribution in [0.2, 0.25) is 0 Å². The van der Waals surface area contributed by atoms with Gasteiger partial charge in [0, 0.05) is 25.5 Å². The number of aryl methyl sites for hydroxylation is 2. The van der Waals surface area contributed by atoms with Crippen LogP contribution >= 0.6 is 23.5 Å². The molecule has 0 saturated carbocycles. The second-order valence-corrected chi connectivity index (χ2v) is 10.6. The topological polar surface area (TPSA) is 145 Å². The number of nitrogens with zero attached hydrogens (tertiary/aromatic N) is 8. The van der Waals surface area contributed by atoms with Gasteiger partial charge in [0.1, 0.15) is 0 Å². The molecule has 2 aromatic heterocycles. The summed E-state index contributed by atoms with van der Waals surface area (Å²) in [6.45, 7) is 0. The first-order chi connectivity index (χ1) is 20.2. The summed E-state index contributed by atoms with van der Waals surface area (Å²) in [6.07, 6.45) is -11.6. The van der Waals surface area contributed by atoms with Gasteiger partial charge in [0.05, 0.1) is 11.5 Å². The number of tetrazole rings is 2. The maximum Gasteiger partial charge on any atom is 0.411 e. The molecular formula is C23H20F6N10O2S2. The van der Waals surface area contributed by atoms with Crippen molar-refractivity contribution in [2.75, 3.05) is 22.1 Å². The van der Waals surface area contributed by atoms with Crippen LogP contribution in [-0.2, 0) is 29.1 Å². The van der Waals surface area contributed by atoms with Gasteiger partial charge in [-0.1, -0.05) is 47.8 Å². The number of alkyl halides is 6. The van der Waals surface area contributed by atoms with E-state index in [2.05, 4.69) is 41.7 Å². The quantitative estimate of drug-likeness (QED) is 0.194. The molecule has 2 N–H and O–H groups in total. The van der Waals surface area contributed by atoms with Crippen LogP contribution in [0.3, 0.4) is 0 Å². The molecule has 43 heavy (non-hydrogen) atoms. The van der Waals surface area contributed by atoms with Gasteiger partial charge >= 0.3 is 12.4 Å². The van der Waals surface area contributed by atoms with Gasteiger partial charge in [-0.05, 0) is 56.2 Å². The molecule has 12 nitrogen and oxygen atoms in total. The molecule has 0 fully saturated rings. The Labute approximate surface area is 247 Å². The van der Waals surface area contributed by atoms with Crippen LogP contribution in [0.1, 0.15) is 11.1 Å². The number of benzene rings is 2. The lowest BCUT2D eigenvalue weighted by Crippen LogP contribution is -2.54. The average Bonchev–Trinajstić information content (AvgIpc) is 3.54. The Morgan fingerprint density at radius 1 is 0.674 bits per heavy atom. The highest BCUT2D eigenvalue weighted by molar-refractivity contribution is 8.00. The SMILES string of the molecule is Cn1nnnc1SCC(=O)Nc1ccc(C(c2ccc(NC(=O)CSc3nnnn3C)cc2)(C(F)(F)F)C(F)(F)F)cc1. The van der Waals surface area contributed by atoms with Crippen LogP contribution in [0.4, 0.5) is 37.7 Å². The number of hydrogen-bond acceptors (Lipinski definition) is 10. The third-order valence-electron chi connectivity index (χ3n) is 5.88. The zero-order chi connectivity index (χ0) is 31.4. The van der Waals surface area contributed by atoms with Gasteiger partial charge in [0.2, 0.25) is 27.5 Å². The molecule has 0 saturated heterocycles. The average molecular weight is 647 g/mol. The molecule has 0 atom stereocenters. The fraction of sp³-hybridized carbons (Fsp3) is 0.304. The summed E-state index contributed by atoms with van der Waals surface area (Å²) in [6, 6.07) is 6.43. The highest BCUT2D eigenvalue weighted by Crippen LogP contribution is 2.56. The smallest absolute Gasteiger partial charge is 0.325 e. The van der Waals surface area contributed by atoms with Gasteiger partial charge in [-0.25, -0.2) is 9.36 Å². The van der Waals surface area contributed by atoms with E-state index in [0.29, 0.717) is 34.6 Å². The first-order valence-electron chi connectivity index (χ1n) is 11.9. The Balaban J connectivity index is 1.53. The van der Waals surface area contributed by atoms with E-state index in [1.807, 2.05) is 0 Å². The molecule has 0 radical (unpaired) electrons. The van der Waals surface area contributed by atoms with Gasteiger partial charge in [-0.2, -0.15) is 26.3 Å². The first-order valence-corrected chi connectivity index (χ1v) is 13.8. The van der Waals surface area contributed by atoms with E-state index in [1.54, 1.807) is 14.1 Å². The fourth-order valence-corrected chi connectivity index (χ4v) is 5.23. The van der Waals surface area contributed by atoms with Crippen LogP contribution in [0.5, 0.6) is 0 Å². The number of nitrogens with one attached hydrogen (secondary N) is 2. The summed E-state index contributed by atoms with van der Waals surface area (Å²) < 4.78 is 89.6. The van der Waals surface area contributed by atoms with Crippen LogP contribution in [0.15, 0.2) is 58.8 Å². The van der Waals surface area contributed by atoms with Crippen LogP contribution in [0, 0.1) is 0 Å². The van der Waals surface area contributed by atoms with Crippen molar-refractivity contribution in [2.24, 2.45) is 14.1 Å². The zero-order valence-electron chi connectivity index (χ0n) is 22.0. The van der Waals surface area contributed by atoms with E-state index < -0.39 is 40.7 Å². The first kappa shape index (κ1) is 31.7. The predicted molar refractivity (Wildman–Crippen MR) is 142 cm³/mol. The van der Waals surface area contributed by atoms with Crippen LogP contribution in [0.25, 0.3) is 0 Å². The Morgan fingerprint density at radius 2 is 1.02 bits per heavy atom. The Morgan fingerprint density at radius 3 is 1.30 bits per heavy atom. The van der Waals surface area contributed by atoms with Crippen molar-refractivity contribution >= 4 is 46.7 Å². The molecule has 2 amide bonds. The van der Waals surface area contributed by atoms with Crippen molar-refractivity contribution in [3.05, 3.63) is 59.7 Å². The Bertz CT molecular complexity index is 1460. The number of rotatable bonds is 10. The van der Waals surface area contributed by atoms with E-state index >= 15 is 0 Å². The summed E-state index contributed by atoms with van der Waals surface area (Å²) in [5, 5.41) is 26.9. The summed E-state index contributed by atoms with van der Waals surface area (Å²) in [5.41, 5.74) is -6.67. The van der Waals surface area contributed by atoms with E-state index in [1.165, 1.54) is 9.36 Å². The minimum absolute atomic E-state index is 0.0169. The minimum atomic E-state index is -5.82. The van der Waals surface area contributed by atoms with Crippen molar-refractivity contribution < 1.29 is 35.9 Å². The molecule has 228 valence electrons. The Hall–Kier alpha value is -4.20. The Kier molecular flexibility index (Phi) is 9.28. The highest BCUT2D eigenvalue weighted by atomic mass is 32.2. The highest BCUT2D eigenvalue weighted by Gasteiger charge is 2.72. The van der Waals surface area contributed by atoms with Gasteiger partial charge in [-0.15, -0.1) is 10.2 Å². The number of anilines is 2. The van der Waals surface area contributed by atoms with E-state index in [0.717, 1.165) is 47.8 Å². The van der Waals surface area contributed by atoms with Crippen molar-refractivity contribution in [3.8, 4) is 0 Å². The van der Waals surface area contributed by atoms with Crippen molar-refractivity contribution in [2.45, 2.75) is 28.1 Å². The molecule has 0 aliphatic heterocycles. The number of halogens is 6. The lowest BCUT2D eigenvalue weighted by Gasteiger charge is -2.38. The van der Waals surface area contributed by atoms with E-state index in [9.17, 15) is 35.9 Å². The van der Waals surface area contributed by atoms with Gasteiger partial charge < -0.3 is 10.6 Å². The maximum atomic E-state index is 14.5. The molecular weight excluding hydrogens is 626 g/mol. The van der Waals surface area contributed by atoms with Crippen molar-refractivity contribution in [1.82, 2.24) is 40.4 Å². The van der Waals surface area contributed by atoms with E-state index in [-0.39, 0.29) is 22.9 Å². The van der Waals surface area contributed by atoms with Crippen molar-refractivity contribution in [1.29, 1.82) is 0 Å². The molecule has 0 spiro atoms. The van der Waals surface area contributed by atoms with Gasteiger partial charge in [-0.3, -0.25) is 9.59 Å². The largest absolute Gasteiger partial charge is 0.411 e. The lowest BCUT2D eigenvalue weighted by molar-refractivity contribution is -0.288. The number of carbonyl (C=O) groups is 2. The summed E-state index contributed by atoms with van der Waals surface area (Å²) in [4.78, 5) is 24.5.